The van der Waals surface area contributed by atoms with Crippen molar-refractivity contribution in [1.82, 2.24) is 4.57 Å². The molecule has 0 aliphatic heterocycles. The number of halogens is 1. The third kappa shape index (κ3) is 3.74. The minimum absolute atomic E-state index is 0.0658. The Bertz CT molecular complexity index is 999. The highest BCUT2D eigenvalue weighted by Gasteiger charge is 2.25. The van der Waals surface area contributed by atoms with E-state index in [4.69, 9.17) is 11.6 Å². The standard InChI is InChI=1S/C20H21ClN4O2/c1-12-8-9-14(10-17(12)21)23-24-18-13(2)16(11-22)19(26)25(20(18)27)15-6-4-3-5-7-15/h8-10,15,26H,3-7H2,1-2H3. The van der Waals surface area contributed by atoms with Gasteiger partial charge in [0.15, 0.2) is 5.69 Å². The summed E-state index contributed by atoms with van der Waals surface area (Å²) in [7, 11) is 0. The fourth-order valence-electron chi connectivity index (χ4n) is 3.46. The smallest absolute Gasteiger partial charge is 0.281 e. The van der Waals surface area contributed by atoms with Gasteiger partial charge in [0.1, 0.15) is 11.6 Å². The van der Waals surface area contributed by atoms with Crippen LogP contribution in [-0.2, 0) is 0 Å². The highest BCUT2D eigenvalue weighted by Crippen LogP contribution is 2.34. The lowest BCUT2D eigenvalue weighted by Crippen LogP contribution is -2.27. The summed E-state index contributed by atoms with van der Waals surface area (Å²) < 4.78 is 1.32. The molecule has 0 radical (unpaired) electrons. The van der Waals surface area contributed by atoms with Crippen LogP contribution in [0.5, 0.6) is 5.88 Å². The molecule has 1 aliphatic rings. The quantitative estimate of drug-likeness (QED) is 0.696. The van der Waals surface area contributed by atoms with Gasteiger partial charge in [-0.05, 0) is 44.4 Å². The van der Waals surface area contributed by atoms with Crippen LogP contribution < -0.4 is 5.56 Å². The zero-order valence-electron chi connectivity index (χ0n) is 15.4. The Kier molecular flexibility index (Phi) is 5.62. The van der Waals surface area contributed by atoms with Gasteiger partial charge in [0.2, 0.25) is 5.88 Å². The van der Waals surface area contributed by atoms with E-state index in [1.54, 1.807) is 19.1 Å². The molecule has 2 aromatic rings. The molecule has 0 amide bonds. The molecule has 6 nitrogen and oxygen atoms in total. The van der Waals surface area contributed by atoms with Gasteiger partial charge in [0, 0.05) is 16.6 Å². The monoisotopic (exact) mass is 384 g/mol. The van der Waals surface area contributed by atoms with Gasteiger partial charge >= 0.3 is 0 Å². The number of benzene rings is 1. The fourth-order valence-corrected chi connectivity index (χ4v) is 3.63. The maximum absolute atomic E-state index is 13.0. The van der Waals surface area contributed by atoms with Gasteiger partial charge in [0.05, 0.1) is 5.69 Å². The number of nitriles is 1. The van der Waals surface area contributed by atoms with E-state index in [0.717, 1.165) is 37.7 Å². The van der Waals surface area contributed by atoms with Crippen LogP contribution in [0.2, 0.25) is 5.02 Å². The van der Waals surface area contributed by atoms with Crippen LogP contribution in [0.4, 0.5) is 11.4 Å². The van der Waals surface area contributed by atoms with Crippen molar-refractivity contribution >= 4 is 23.0 Å². The van der Waals surface area contributed by atoms with Crippen LogP contribution in [-0.4, -0.2) is 9.67 Å². The molecule has 1 saturated carbocycles. The maximum atomic E-state index is 13.0. The Balaban J connectivity index is 2.11. The van der Waals surface area contributed by atoms with Crippen LogP contribution in [0.25, 0.3) is 0 Å². The lowest BCUT2D eigenvalue weighted by atomic mass is 9.94. The molecule has 0 bridgehead atoms. The predicted octanol–water partition coefficient (Wildman–Crippen LogP) is 5.62. The summed E-state index contributed by atoms with van der Waals surface area (Å²) in [4.78, 5) is 13.0. The van der Waals surface area contributed by atoms with E-state index in [0.29, 0.717) is 16.3 Å². The summed E-state index contributed by atoms with van der Waals surface area (Å²) in [6, 6.07) is 7.11. The fraction of sp³-hybridized carbons (Fsp3) is 0.400. The van der Waals surface area contributed by atoms with Gasteiger partial charge in [-0.1, -0.05) is 36.9 Å². The third-order valence-electron chi connectivity index (χ3n) is 5.08. The van der Waals surface area contributed by atoms with E-state index in [1.165, 1.54) is 4.57 Å². The average Bonchev–Trinajstić information content (AvgIpc) is 2.65. The number of hydrogen-bond donors (Lipinski definition) is 1. The normalized spacial score (nSPS) is 15.2. The zero-order chi connectivity index (χ0) is 19.6. The average molecular weight is 385 g/mol. The zero-order valence-corrected chi connectivity index (χ0v) is 16.1. The predicted molar refractivity (Wildman–Crippen MR) is 104 cm³/mol. The van der Waals surface area contributed by atoms with Crippen molar-refractivity contribution in [3.63, 3.8) is 0 Å². The first-order chi connectivity index (χ1) is 12.9. The van der Waals surface area contributed by atoms with Crippen molar-refractivity contribution in [3.05, 3.63) is 50.3 Å². The minimum atomic E-state index is -0.419. The second kappa shape index (κ2) is 7.93. The summed E-state index contributed by atoms with van der Waals surface area (Å²) in [6.45, 7) is 3.48. The van der Waals surface area contributed by atoms with Gasteiger partial charge in [-0.15, -0.1) is 5.11 Å². The molecule has 7 heteroatoms. The highest BCUT2D eigenvalue weighted by atomic mass is 35.5. The van der Waals surface area contributed by atoms with Gasteiger partial charge in [-0.25, -0.2) is 0 Å². The van der Waals surface area contributed by atoms with Crippen molar-refractivity contribution in [2.24, 2.45) is 10.2 Å². The number of aromatic hydroxyl groups is 1. The Hall–Kier alpha value is -2.65. The van der Waals surface area contributed by atoms with E-state index in [2.05, 4.69) is 10.2 Å². The van der Waals surface area contributed by atoms with Crippen molar-refractivity contribution < 1.29 is 5.11 Å². The first-order valence-corrected chi connectivity index (χ1v) is 9.38. The molecule has 1 fully saturated rings. The molecular formula is C20H21ClN4O2. The summed E-state index contributed by atoms with van der Waals surface area (Å²) in [5.74, 6) is -0.274. The molecule has 0 saturated heterocycles. The van der Waals surface area contributed by atoms with Crippen molar-refractivity contribution in [1.29, 1.82) is 5.26 Å². The van der Waals surface area contributed by atoms with Crippen molar-refractivity contribution in [2.45, 2.75) is 52.0 Å². The molecule has 1 N–H and O–H groups in total. The summed E-state index contributed by atoms with van der Waals surface area (Å²) in [5, 5.41) is 28.8. The van der Waals surface area contributed by atoms with E-state index < -0.39 is 5.56 Å². The Labute approximate surface area is 162 Å². The lowest BCUT2D eigenvalue weighted by molar-refractivity contribution is 0.303. The minimum Gasteiger partial charge on any atom is -0.493 e. The molecule has 0 spiro atoms. The van der Waals surface area contributed by atoms with Crippen LogP contribution in [0.3, 0.4) is 0 Å². The first kappa shape index (κ1) is 19.1. The highest BCUT2D eigenvalue weighted by molar-refractivity contribution is 6.31. The number of pyridine rings is 1. The van der Waals surface area contributed by atoms with Gasteiger partial charge in [-0.3, -0.25) is 9.36 Å². The van der Waals surface area contributed by atoms with E-state index >= 15 is 0 Å². The van der Waals surface area contributed by atoms with Crippen LogP contribution in [0, 0.1) is 25.2 Å². The molecule has 140 valence electrons. The van der Waals surface area contributed by atoms with Crippen LogP contribution in [0.15, 0.2) is 33.2 Å². The lowest BCUT2D eigenvalue weighted by Gasteiger charge is -2.25. The van der Waals surface area contributed by atoms with Crippen molar-refractivity contribution in [2.75, 3.05) is 0 Å². The molecular weight excluding hydrogens is 364 g/mol. The van der Waals surface area contributed by atoms with Gasteiger partial charge in [-0.2, -0.15) is 10.4 Å². The first-order valence-electron chi connectivity index (χ1n) is 9.00. The van der Waals surface area contributed by atoms with Gasteiger partial charge < -0.3 is 5.11 Å². The molecule has 1 aromatic heterocycles. The Morgan fingerprint density at radius 3 is 2.56 bits per heavy atom. The molecule has 0 unspecified atom stereocenters. The second-order valence-corrected chi connectivity index (χ2v) is 7.29. The topological polar surface area (TPSA) is 90.7 Å². The van der Waals surface area contributed by atoms with Crippen LogP contribution in [0.1, 0.15) is 54.8 Å². The molecule has 1 heterocycles. The molecule has 27 heavy (non-hydrogen) atoms. The summed E-state index contributed by atoms with van der Waals surface area (Å²) in [5.41, 5.74) is 1.48. The maximum Gasteiger partial charge on any atom is 0.281 e. The van der Waals surface area contributed by atoms with Gasteiger partial charge in [0.25, 0.3) is 5.56 Å². The third-order valence-corrected chi connectivity index (χ3v) is 5.48. The summed E-state index contributed by atoms with van der Waals surface area (Å²) in [6.07, 6.45) is 4.69. The molecule has 1 aromatic carbocycles. The molecule has 0 atom stereocenters. The number of aromatic nitrogens is 1. The van der Waals surface area contributed by atoms with Crippen molar-refractivity contribution in [3.8, 4) is 11.9 Å². The Morgan fingerprint density at radius 1 is 1.22 bits per heavy atom. The number of hydrogen-bond acceptors (Lipinski definition) is 5. The largest absolute Gasteiger partial charge is 0.493 e. The van der Waals surface area contributed by atoms with E-state index in [1.807, 2.05) is 19.1 Å². The summed E-state index contributed by atoms with van der Waals surface area (Å²) >= 11 is 6.11. The number of azo groups is 1. The number of rotatable bonds is 3. The van der Waals surface area contributed by atoms with E-state index in [9.17, 15) is 15.2 Å². The number of nitrogens with zero attached hydrogens (tertiary/aromatic N) is 4. The SMILES string of the molecule is Cc1ccc(N=Nc2c(C)c(C#N)c(O)n(C3CCCCC3)c2=O)cc1Cl. The van der Waals surface area contributed by atoms with E-state index in [-0.39, 0.29) is 23.2 Å². The van der Waals surface area contributed by atoms with Crippen LogP contribution >= 0.6 is 11.6 Å². The second-order valence-electron chi connectivity index (χ2n) is 6.88. The molecule has 1 aliphatic carbocycles. The number of aryl methyl sites for hydroxylation is 1. The Morgan fingerprint density at radius 2 is 1.93 bits per heavy atom. The molecule has 3 rings (SSSR count).